The molecule has 0 bridgehead atoms. The van der Waals surface area contributed by atoms with Gasteiger partial charge in [0.15, 0.2) is 0 Å². The highest BCUT2D eigenvalue weighted by atomic mass is 32.1. The monoisotopic (exact) mass is 612 g/mol. The number of aldehydes is 1. The van der Waals surface area contributed by atoms with Crippen molar-refractivity contribution in [3.05, 3.63) is 81.1 Å². The Kier molecular flexibility index (Phi) is 14.2. The predicted octanol–water partition coefficient (Wildman–Crippen LogP) is 5.00. The molecular weight excluding hydrogens is 572 g/mol. The van der Waals surface area contributed by atoms with E-state index in [9.17, 15) is 14.4 Å². The van der Waals surface area contributed by atoms with Crippen LogP contribution < -0.4 is 5.32 Å². The summed E-state index contributed by atoms with van der Waals surface area (Å²) in [4.78, 5) is 46.1. The van der Waals surface area contributed by atoms with Crippen molar-refractivity contribution in [2.75, 3.05) is 13.2 Å². The summed E-state index contributed by atoms with van der Waals surface area (Å²) in [5.41, 5.74) is 3.86. The molecule has 1 unspecified atom stereocenters. The number of hydrogen-bond donors (Lipinski definition) is 3. The highest BCUT2D eigenvalue weighted by Crippen LogP contribution is 2.19. The lowest BCUT2D eigenvalue weighted by molar-refractivity contribution is -0.503. The standard InChI is InChI=1S/C31H40N4O7S/c1-3-4-8-29-32-18-28(34(29)20-24-9-11-25(21-36)12-10-24)17-27(16-26-13-15-43-22-26)31(38)33-19-30(37)41-14-6-5-7-23(2)42-35(39)40/h9-13,15,17-18,21-23,39-40H,3-8,14,16,19-20H2,1-2H3,(H,33,38)/b27-17+. The number of carbonyl (C=O) groups excluding carboxylic acids is 3. The molecule has 0 aliphatic carbocycles. The number of imidazole rings is 1. The van der Waals surface area contributed by atoms with Crippen LogP contribution in [0.3, 0.4) is 0 Å². The maximum absolute atomic E-state index is 13.3. The molecule has 0 aliphatic rings. The first kappa shape index (κ1) is 33.8. The largest absolute Gasteiger partial charge is 0.464 e. The van der Waals surface area contributed by atoms with Crippen LogP contribution in [0.25, 0.3) is 6.08 Å². The summed E-state index contributed by atoms with van der Waals surface area (Å²) in [5, 5.41) is 23.6. The molecule has 11 nitrogen and oxygen atoms in total. The number of nitrogens with zero attached hydrogens (tertiary/aromatic N) is 3. The Morgan fingerprint density at radius 3 is 2.60 bits per heavy atom. The van der Waals surface area contributed by atoms with E-state index in [1.165, 1.54) is 0 Å². The summed E-state index contributed by atoms with van der Waals surface area (Å²) in [6.45, 7) is 4.25. The van der Waals surface area contributed by atoms with E-state index >= 15 is 0 Å². The molecule has 232 valence electrons. The van der Waals surface area contributed by atoms with Gasteiger partial charge >= 0.3 is 5.97 Å². The highest BCUT2D eigenvalue weighted by Gasteiger charge is 2.16. The second kappa shape index (κ2) is 18.1. The Bertz CT molecular complexity index is 1320. The first-order valence-corrected chi connectivity index (χ1v) is 15.3. The fourth-order valence-corrected chi connectivity index (χ4v) is 5.05. The molecule has 1 aromatic carbocycles. The van der Waals surface area contributed by atoms with Gasteiger partial charge in [-0.2, -0.15) is 11.3 Å². The fourth-order valence-electron chi connectivity index (χ4n) is 4.38. The molecule has 2 heterocycles. The number of thiophene rings is 1. The van der Waals surface area contributed by atoms with Gasteiger partial charge in [0.05, 0.1) is 30.0 Å². The van der Waals surface area contributed by atoms with Crippen LogP contribution in [-0.2, 0) is 38.5 Å². The third kappa shape index (κ3) is 11.8. The zero-order valence-corrected chi connectivity index (χ0v) is 25.4. The molecule has 2 aromatic heterocycles. The van der Waals surface area contributed by atoms with Gasteiger partial charge in [-0.05, 0) is 66.6 Å². The van der Waals surface area contributed by atoms with Crippen molar-refractivity contribution in [3.8, 4) is 0 Å². The summed E-state index contributed by atoms with van der Waals surface area (Å²) < 4.78 is 7.33. The lowest BCUT2D eigenvalue weighted by Gasteiger charge is -2.14. The molecule has 3 rings (SSSR count). The first-order chi connectivity index (χ1) is 20.8. The van der Waals surface area contributed by atoms with Crippen molar-refractivity contribution in [2.45, 2.75) is 71.4 Å². The normalized spacial score (nSPS) is 12.3. The minimum absolute atomic E-state index is 0.175. The Balaban J connectivity index is 1.69. The molecule has 0 spiro atoms. The summed E-state index contributed by atoms with van der Waals surface area (Å²) in [5.74, 6) is -0.00240. The topological polar surface area (TPSA) is 143 Å². The summed E-state index contributed by atoms with van der Waals surface area (Å²) in [6, 6.07) is 9.35. The molecule has 12 heteroatoms. The molecular formula is C31H40N4O7S. The second-order valence-electron chi connectivity index (χ2n) is 10.2. The average molecular weight is 613 g/mol. The van der Waals surface area contributed by atoms with Crippen molar-refractivity contribution >= 4 is 35.6 Å². The predicted molar refractivity (Wildman–Crippen MR) is 162 cm³/mol. The van der Waals surface area contributed by atoms with E-state index < -0.39 is 12.1 Å². The van der Waals surface area contributed by atoms with Crippen molar-refractivity contribution < 1.29 is 34.4 Å². The lowest BCUT2D eigenvalue weighted by atomic mass is 10.1. The minimum Gasteiger partial charge on any atom is -0.464 e. The molecule has 0 fully saturated rings. The number of carbonyl (C=O) groups is 3. The second-order valence-corrected chi connectivity index (χ2v) is 11.0. The smallest absolute Gasteiger partial charge is 0.325 e. The summed E-state index contributed by atoms with van der Waals surface area (Å²) in [6.07, 6.45) is 8.94. The Morgan fingerprint density at radius 1 is 1.14 bits per heavy atom. The van der Waals surface area contributed by atoms with Crippen molar-refractivity contribution in [2.24, 2.45) is 0 Å². The number of aromatic nitrogens is 2. The number of benzene rings is 1. The van der Waals surface area contributed by atoms with Gasteiger partial charge in [-0.1, -0.05) is 37.6 Å². The number of ether oxygens (including phenoxy) is 1. The van der Waals surface area contributed by atoms with Crippen LogP contribution in [0.4, 0.5) is 0 Å². The minimum atomic E-state index is -0.546. The third-order valence-corrected chi connectivity index (χ3v) is 7.44. The number of aryl methyl sites for hydroxylation is 1. The number of amides is 1. The van der Waals surface area contributed by atoms with Gasteiger partial charge in [0, 0.05) is 30.5 Å². The first-order valence-electron chi connectivity index (χ1n) is 14.4. The van der Waals surface area contributed by atoms with Crippen LogP contribution in [0.15, 0.2) is 52.9 Å². The zero-order valence-electron chi connectivity index (χ0n) is 24.6. The molecule has 3 aromatic rings. The van der Waals surface area contributed by atoms with Crippen molar-refractivity contribution in [1.29, 1.82) is 0 Å². The number of esters is 1. The van der Waals surface area contributed by atoms with Gasteiger partial charge < -0.3 is 14.6 Å². The average Bonchev–Trinajstić information content (AvgIpc) is 3.64. The zero-order chi connectivity index (χ0) is 31.0. The van der Waals surface area contributed by atoms with Crippen LogP contribution in [0, 0.1) is 0 Å². The van der Waals surface area contributed by atoms with E-state index in [4.69, 9.17) is 15.2 Å². The van der Waals surface area contributed by atoms with Gasteiger partial charge in [-0.15, -0.1) is 0 Å². The van der Waals surface area contributed by atoms with Crippen LogP contribution in [0.1, 0.15) is 79.0 Å². The molecule has 1 amide bonds. The van der Waals surface area contributed by atoms with E-state index in [1.54, 1.807) is 36.6 Å². The maximum atomic E-state index is 13.3. The van der Waals surface area contributed by atoms with E-state index in [0.717, 1.165) is 48.2 Å². The van der Waals surface area contributed by atoms with Crippen LogP contribution in [0.2, 0.25) is 0 Å². The summed E-state index contributed by atoms with van der Waals surface area (Å²) in [7, 11) is 0. The SMILES string of the molecule is CCCCc1ncc(/C=C(\Cc2ccsc2)C(=O)NCC(=O)OCCCCC(C)ON(O)O)n1Cc1ccc(C=O)cc1. The molecule has 0 saturated heterocycles. The maximum Gasteiger partial charge on any atom is 0.325 e. The van der Waals surface area contributed by atoms with E-state index in [1.807, 2.05) is 35.0 Å². The van der Waals surface area contributed by atoms with E-state index in [2.05, 4.69) is 26.6 Å². The van der Waals surface area contributed by atoms with Gasteiger partial charge in [-0.3, -0.25) is 24.8 Å². The molecule has 43 heavy (non-hydrogen) atoms. The number of rotatable bonds is 19. The quantitative estimate of drug-likeness (QED) is 0.0560. The number of unbranched alkanes of at least 4 members (excludes halogenated alkanes) is 2. The molecule has 0 saturated carbocycles. The molecule has 0 aliphatic heterocycles. The molecule has 3 N–H and O–H groups in total. The lowest BCUT2D eigenvalue weighted by Crippen LogP contribution is -2.32. The third-order valence-electron chi connectivity index (χ3n) is 6.70. The Hall–Kier alpha value is -3.68. The van der Waals surface area contributed by atoms with Crippen molar-refractivity contribution in [3.63, 3.8) is 0 Å². The van der Waals surface area contributed by atoms with Crippen LogP contribution in [-0.4, -0.2) is 62.8 Å². The van der Waals surface area contributed by atoms with Crippen LogP contribution >= 0.6 is 11.3 Å². The van der Waals surface area contributed by atoms with Gasteiger partial charge in [0.2, 0.25) is 5.91 Å². The Morgan fingerprint density at radius 2 is 1.93 bits per heavy atom. The van der Waals surface area contributed by atoms with Crippen molar-refractivity contribution in [1.82, 2.24) is 20.3 Å². The number of hydrogen-bond acceptors (Lipinski definition) is 10. The van der Waals surface area contributed by atoms with E-state index in [-0.39, 0.29) is 24.4 Å². The fraction of sp³-hybridized carbons (Fsp3) is 0.419. The number of nitrogens with one attached hydrogen (secondary N) is 1. The van der Waals surface area contributed by atoms with Gasteiger partial charge in [0.1, 0.15) is 18.7 Å². The van der Waals surface area contributed by atoms with Gasteiger partial charge in [-0.25, -0.2) is 9.82 Å². The molecule has 1 atom stereocenters. The van der Waals surface area contributed by atoms with Gasteiger partial charge in [0.25, 0.3) is 0 Å². The van der Waals surface area contributed by atoms with E-state index in [0.29, 0.717) is 43.4 Å². The van der Waals surface area contributed by atoms with Crippen LogP contribution in [0.5, 0.6) is 0 Å². The highest BCUT2D eigenvalue weighted by molar-refractivity contribution is 7.07. The summed E-state index contributed by atoms with van der Waals surface area (Å²) >= 11 is 1.55. The molecule has 0 radical (unpaired) electrons. The Labute approximate surface area is 255 Å².